The molecule has 1 saturated heterocycles. The van der Waals surface area contributed by atoms with Crippen molar-refractivity contribution in [1.82, 2.24) is 9.21 Å². The molecular formula is C14H22BrN3O2S. The van der Waals surface area contributed by atoms with Crippen LogP contribution in [0.2, 0.25) is 0 Å². The van der Waals surface area contributed by atoms with E-state index in [1.165, 1.54) is 0 Å². The van der Waals surface area contributed by atoms with Gasteiger partial charge in [0.15, 0.2) is 0 Å². The standard InChI is InChI=1S/C14H22BrN3O2S/c1-2-5-17-6-8-18(9-7-17)21(19,20)14-4-3-12(11-16)10-13(14)15/h3-4,10H,2,5-9,11,16H2,1H3. The quantitative estimate of drug-likeness (QED) is 0.848. The van der Waals surface area contributed by atoms with Crippen molar-refractivity contribution >= 4 is 26.0 Å². The van der Waals surface area contributed by atoms with Crippen LogP contribution in [0, 0.1) is 0 Å². The summed E-state index contributed by atoms with van der Waals surface area (Å²) in [5.74, 6) is 0. The molecule has 2 N–H and O–H groups in total. The molecular weight excluding hydrogens is 354 g/mol. The van der Waals surface area contributed by atoms with Crippen molar-refractivity contribution in [2.24, 2.45) is 5.73 Å². The third-order valence-electron chi connectivity index (χ3n) is 3.72. The lowest BCUT2D eigenvalue weighted by Gasteiger charge is -2.33. The Hall–Kier alpha value is -0.470. The first-order valence-electron chi connectivity index (χ1n) is 7.20. The molecule has 0 saturated carbocycles. The number of piperazine rings is 1. The molecule has 1 aliphatic rings. The lowest BCUT2D eigenvalue weighted by atomic mass is 10.2. The minimum absolute atomic E-state index is 0.323. The summed E-state index contributed by atoms with van der Waals surface area (Å²) in [7, 11) is -3.44. The van der Waals surface area contributed by atoms with Gasteiger partial charge in [-0.2, -0.15) is 4.31 Å². The van der Waals surface area contributed by atoms with Gasteiger partial charge >= 0.3 is 0 Å². The van der Waals surface area contributed by atoms with Gasteiger partial charge in [0.05, 0.1) is 4.90 Å². The maximum Gasteiger partial charge on any atom is 0.244 e. The van der Waals surface area contributed by atoms with Crippen molar-refractivity contribution in [3.05, 3.63) is 28.2 Å². The van der Waals surface area contributed by atoms with E-state index >= 15 is 0 Å². The Bertz CT molecular complexity index is 584. The highest BCUT2D eigenvalue weighted by molar-refractivity contribution is 9.10. The van der Waals surface area contributed by atoms with E-state index in [0.717, 1.165) is 31.6 Å². The smallest absolute Gasteiger partial charge is 0.244 e. The fraction of sp³-hybridized carbons (Fsp3) is 0.571. The maximum atomic E-state index is 12.7. The number of hydrogen-bond acceptors (Lipinski definition) is 4. The molecule has 1 aliphatic heterocycles. The van der Waals surface area contributed by atoms with Crippen LogP contribution in [0.1, 0.15) is 18.9 Å². The van der Waals surface area contributed by atoms with E-state index in [0.29, 0.717) is 29.0 Å². The molecule has 0 amide bonds. The van der Waals surface area contributed by atoms with Gasteiger partial charge in [0, 0.05) is 37.2 Å². The van der Waals surface area contributed by atoms with Gasteiger partial charge in [-0.25, -0.2) is 8.42 Å². The van der Waals surface area contributed by atoms with Gasteiger partial charge in [-0.05, 0) is 46.6 Å². The van der Waals surface area contributed by atoms with E-state index in [9.17, 15) is 8.42 Å². The molecule has 118 valence electrons. The SMILES string of the molecule is CCCN1CCN(S(=O)(=O)c2ccc(CN)cc2Br)CC1. The Kier molecular flexibility index (Phi) is 5.79. The molecule has 1 fully saturated rings. The van der Waals surface area contributed by atoms with E-state index in [2.05, 4.69) is 27.8 Å². The number of hydrogen-bond donors (Lipinski definition) is 1. The molecule has 1 heterocycles. The molecule has 1 aromatic rings. The molecule has 7 heteroatoms. The van der Waals surface area contributed by atoms with Gasteiger partial charge in [-0.15, -0.1) is 0 Å². The normalized spacial score (nSPS) is 18.0. The number of sulfonamides is 1. The van der Waals surface area contributed by atoms with Crippen LogP contribution in [0.25, 0.3) is 0 Å². The average molecular weight is 376 g/mol. The minimum atomic E-state index is -3.44. The Morgan fingerprint density at radius 3 is 2.43 bits per heavy atom. The molecule has 0 aliphatic carbocycles. The first-order chi connectivity index (χ1) is 9.98. The first-order valence-corrected chi connectivity index (χ1v) is 9.43. The summed E-state index contributed by atoms with van der Waals surface area (Å²) >= 11 is 3.36. The zero-order chi connectivity index (χ0) is 15.5. The van der Waals surface area contributed by atoms with Crippen molar-refractivity contribution in [3.8, 4) is 0 Å². The summed E-state index contributed by atoms with van der Waals surface area (Å²) in [6, 6.07) is 5.19. The van der Waals surface area contributed by atoms with Crippen molar-refractivity contribution in [1.29, 1.82) is 0 Å². The van der Waals surface area contributed by atoms with Crippen LogP contribution in [0.3, 0.4) is 0 Å². The predicted molar refractivity (Wildman–Crippen MR) is 87.5 cm³/mol. The maximum absolute atomic E-state index is 12.7. The third kappa shape index (κ3) is 3.84. The number of halogens is 1. The zero-order valence-electron chi connectivity index (χ0n) is 12.3. The molecule has 0 bridgehead atoms. The molecule has 5 nitrogen and oxygen atoms in total. The zero-order valence-corrected chi connectivity index (χ0v) is 14.7. The lowest BCUT2D eigenvalue weighted by Crippen LogP contribution is -2.48. The highest BCUT2D eigenvalue weighted by Gasteiger charge is 2.29. The summed E-state index contributed by atoms with van der Waals surface area (Å²) in [6.07, 6.45) is 1.10. The highest BCUT2D eigenvalue weighted by Crippen LogP contribution is 2.26. The fourth-order valence-corrected chi connectivity index (χ4v) is 5.04. The summed E-state index contributed by atoms with van der Waals surface area (Å²) in [6.45, 7) is 6.26. The predicted octanol–water partition coefficient (Wildman–Crippen LogP) is 1.62. The lowest BCUT2D eigenvalue weighted by molar-refractivity contribution is 0.188. The van der Waals surface area contributed by atoms with Gasteiger partial charge in [0.25, 0.3) is 0 Å². The second-order valence-electron chi connectivity index (χ2n) is 5.21. The van der Waals surface area contributed by atoms with Crippen molar-refractivity contribution in [3.63, 3.8) is 0 Å². The Balaban J connectivity index is 2.16. The summed E-state index contributed by atoms with van der Waals surface area (Å²) in [4.78, 5) is 2.63. The molecule has 0 aromatic heterocycles. The summed E-state index contributed by atoms with van der Waals surface area (Å²) in [5.41, 5.74) is 6.49. The van der Waals surface area contributed by atoms with Crippen LogP contribution in [-0.2, 0) is 16.6 Å². The topological polar surface area (TPSA) is 66.6 Å². The van der Waals surface area contributed by atoms with Gasteiger partial charge in [-0.3, -0.25) is 0 Å². The van der Waals surface area contributed by atoms with Crippen molar-refractivity contribution in [2.75, 3.05) is 32.7 Å². The first kappa shape index (κ1) is 16.9. The van der Waals surface area contributed by atoms with Crippen LogP contribution in [-0.4, -0.2) is 50.3 Å². The van der Waals surface area contributed by atoms with Gasteiger partial charge < -0.3 is 10.6 Å². The van der Waals surface area contributed by atoms with Gasteiger partial charge in [0.2, 0.25) is 10.0 Å². The molecule has 2 rings (SSSR count). The van der Waals surface area contributed by atoms with E-state index in [4.69, 9.17) is 5.73 Å². The van der Waals surface area contributed by atoms with E-state index in [1.807, 2.05) is 0 Å². The number of nitrogens with two attached hydrogens (primary N) is 1. The van der Waals surface area contributed by atoms with Crippen LogP contribution in [0.5, 0.6) is 0 Å². The highest BCUT2D eigenvalue weighted by atomic mass is 79.9. The minimum Gasteiger partial charge on any atom is -0.326 e. The number of benzene rings is 1. The van der Waals surface area contributed by atoms with Crippen LogP contribution < -0.4 is 5.73 Å². The van der Waals surface area contributed by atoms with Crippen molar-refractivity contribution in [2.45, 2.75) is 24.8 Å². The molecule has 0 radical (unpaired) electrons. The Labute approximate surface area is 135 Å². The van der Waals surface area contributed by atoms with Gasteiger partial charge in [0.1, 0.15) is 0 Å². The fourth-order valence-electron chi connectivity index (χ4n) is 2.53. The van der Waals surface area contributed by atoms with Crippen molar-refractivity contribution < 1.29 is 8.42 Å². The van der Waals surface area contributed by atoms with E-state index in [1.54, 1.807) is 22.5 Å². The second kappa shape index (κ2) is 7.19. The summed E-state index contributed by atoms with van der Waals surface area (Å²) in [5, 5.41) is 0. The molecule has 0 unspecified atom stereocenters. The molecule has 0 spiro atoms. The largest absolute Gasteiger partial charge is 0.326 e. The van der Waals surface area contributed by atoms with Crippen LogP contribution >= 0.6 is 15.9 Å². The van der Waals surface area contributed by atoms with Gasteiger partial charge in [-0.1, -0.05) is 13.0 Å². The Morgan fingerprint density at radius 1 is 1.24 bits per heavy atom. The molecule has 1 aromatic carbocycles. The van der Waals surface area contributed by atoms with Crippen LogP contribution in [0.15, 0.2) is 27.6 Å². The van der Waals surface area contributed by atoms with E-state index in [-0.39, 0.29) is 0 Å². The summed E-state index contributed by atoms with van der Waals surface area (Å²) < 4.78 is 27.6. The van der Waals surface area contributed by atoms with E-state index < -0.39 is 10.0 Å². The molecule has 0 atom stereocenters. The number of nitrogens with zero attached hydrogens (tertiary/aromatic N) is 2. The monoisotopic (exact) mass is 375 g/mol. The number of rotatable bonds is 5. The average Bonchev–Trinajstić information content (AvgIpc) is 2.47. The molecule has 21 heavy (non-hydrogen) atoms. The second-order valence-corrected chi connectivity index (χ2v) is 7.98. The Morgan fingerprint density at radius 2 is 1.90 bits per heavy atom. The van der Waals surface area contributed by atoms with Crippen LogP contribution in [0.4, 0.5) is 0 Å². The third-order valence-corrected chi connectivity index (χ3v) is 6.60.